The Hall–Kier alpha value is -0.403. The molecular formula is C9H12BrFO3SSi. The lowest BCUT2D eigenvalue weighted by molar-refractivity contribution is 0.547. The van der Waals surface area contributed by atoms with E-state index in [0.717, 1.165) is 0 Å². The van der Waals surface area contributed by atoms with Crippen LogP contribution in [0.1, 0.15) is 0 Å². The van der Waals surface area contributed by atoms with E-state index in [1.54, 1.807) is 0 Å². The lowest BCUT2D eigenvalue weighted by Gasteiger charge is -2.20. The van der Waals surface area contributed by atoms with Crippen LogP contribution in [0, 0.1) is 0 Å². The van der Waals surface area contributed by atoms with E-state index in [1.165, 1.54) is 18.2 Å². The van der Waals surface area contributed by atoms with Crippen LogP contribution in [0.25, 0.3) is 0 Å². The largest absolute Gasteiger partial charge is 0.544 e. The Morgan fingerprint density at radius 3 is 2.25 bits per heavy atom. The van der Waals surface area contributed by atoms with Crippen LogP contribution in [-0.2, 0) is 10.2 Å². The molecule has 0 aliphatic rings. The fourth-order valence-corrected chi connectivity index (χ4v) is 3.13. The normalized spacial score (nSPS) is 12.6. The molecule has 7 heteroatoms. The molecule has 0 fully saturated rings. The summed E-state index contributed by atoms with van der Waals surface area (Å²) in [6.45, 7) is 6.00. The van der Waals surface area contributed by atoms with Gasteiger partial charge in [-0.2, -0.15) is 8.42 Å². The molecule has 0 aliphatic carbocycles. The van der Waals surface area contributed by atoms with Crippen molar-refractivity contribution in [1.29, 1.82) is 0 Å². The first kappa shape index (κ1) is 13.7. The van der Waals surface area contributed by atoms with E-state index in [2.05, 4.69) is 15.9 Å². The van der Waals surface area contributed by atoms with Crippen LogP contribution in [0.4, 0.5) is 3.89 Å². The standard InChI is InChI=1S/C9H12BrFO3SSi/c1-16(2,3)14-9-5-4-7(6-8(9)10)15(11,12)13/h4-6H,1-3H3. The minimum atomic E-state index is -4.66. The van der Waals surface area contributed by atoms with Gasteiger partial charge in [0, 0.05) is 0 Å². The average molecular weight is 327 g/mol. The third-order valence-electron chi connectivity index (χ3n) is 1.60. The van der Waals surface area contributed by atoms with Crippen molar-refractivity contribution in [2.24, 2.45) is 0 Å². The van der Waals surface area contributed by atoms with Gasteiger partial charge in [-0.05, 0) is 53.8 Å². The second kappa shape index (κ2) is 4.46. The van der Waals surface area contributed by atoms with Gasteiger partial charge in [-0.15, -0.1) is 3.89 Å². The zero-order valence-corrected chi connectivity index (χ0v) is 12.5. The number of benzene rings is 1. The molecule has 0 spiro atoms. The molecule has 1 aromatic carbocycles. The maximum Gasteiger partial charge on any atom is 0.332 e. The molecule has 0 aliphatic heterocycles. The van der Waals surface area contributed by atoms with Gasteiger partial charge < -0.3 is 4.43 Å². The monoisotopic (exact) mass is 326 g/mol. The second-order valence-electron chi connectivity index (χ2n) is 4.24. The third kappa shape index (κ3) is 3.87. The number of rotatable bonds is 3. The zero-order valence-electron chi connectivity index (χ0n) is 9.12. The number of hydrogen-bond acceptors (Lipinski definition) is 3. The fourth-order valence-electron chi connectivity index (χ4n) is 1.05. The Morgan fingerprint density at radius 1 is 1.31 bits per heavy atom. The van der Waals surface area contributed by atoms with Crippen LogP contribution < -0.4 is 4.43 Å². The van der Waals surface area contributed by atoms with E-state index in [9.17, 15) is 12.3 Å². The lowest BCUT2D eigenvalue weighted by Crippen LogP contribution is -2.29. The maximum absolute atomic E-state index is 12.7. The predicted molar refractivity (Wildman–Crippen MR) is 66.4 cm³/mol. The molecule has 1 aromatic rings. The second-order valence-corrected chi connectivity index (χ2v) is 10.9. The highest BCUT2D eigenvalue weighted by molar-refractivity contribution is 9.10. The van der Waals surface area contributed by atoms with E-state index >= 15 is 0 Å². The number of halogens is 2. The summed E-state index contributed by atoms with van der Waals surface area (Å²) in [4.78, 5) is -0.373. The quantitative estimate of drug-likeness (QED) is 0.632. The molecule has 0 N–H and O–H groups in total. The zero-order chi connectivity index (χ0) is 12.6. The van der Waals surface area contributed by atoms with E-state index in [4.69, 9.17) is 4.43 Å². The van der Waals surface area contributed by atoms with E-state index in [-0.39, 0.29) is 4.90 Å². The molecule has 0 radical (unpaired) electrons. The van der Waals surface area contributed by atoms with Gasteiger partial charge in [-0.3, -0.25) is 0 Å². The summed E-state index contributed by atoms with van der Waals surface area (Å²) in [7, 11) is -6.43. The summed E-state index contributed by atoms with van der Waals surface area (Å²) >= 11 is 3.16. The molecule has 90 valence electrons. The minimum Gasteiger partial charge on any atom is -0.544 e. The lowest BCUT2D eigenvalue weighted by atomic mass is 10.3. The van der Waals surface area contributed by atoms with E-state index in [0.29, 0.717) is 10.2 Å². The smallest absolute Gasteiger partial charge is 0.332 e. The van der Waals surface area contributed by atoms with E-state index < -0.39 is 18.5 Å². The molecule has 3 nitrogen and oxygen atoms in total. The van der Waals surface area contributed by atoms with Crippen molar-refractivity contribution >= 4 is 34.5 Å². The summed E-state index contributed by atoms with van der Waals surface area (Å²) in [6, 6.07) is 3.84. The molecule has 0 heterocycles. The first-order valence-electron chi connectivity index (χ1n) is 4.53. The van der Waals surface area contributed by atoms with Gasteiger partial charge in [-0.25, -0.2) is 0 Å². The Bertz CT molecular complexity index is 496. The van der Waals surface area contributed by atoms with Gasteiger partial charge in [0.25, 0.3) is 0 Å². The maximum atomic E-state index is 12.7. The molecule has 0 aromatic heterocycles. The van der Waals surface area contributed by atoms with Crippen molar-refractivity contribution in [2.45, 2.75) is 24.5 Å². The summed E-state index contributed by atoms with van der Waals surface area (Å²) in [5, 5.41) is 0. The summed E-state index contributed by atoms with van der Waals surface area (Å²) in [5.74, 6) is 0.534. The molecule has 1 rings (SSSR count). The topological polar surface area (TPSA) is 43.4 Å². The predicted octanol–water partition coefficient (Wildman–Crippen LogP) is 3.32. The SMILES string of the molecule is C[Si](C)(C)Oc1ccc(S(=O)(=O)F)cc1Br. The van der Waals surface area contributed by atoms with Gasteiger partial charge in [0.15, 0.2) is 0 Å². The van der Waals surface area contributed by atoms with Crippen molar-refractivity contribution in [3.05, 3.63) is 22.7 Å². The molecule has 0 amide bonds. The fraction of sp³-hybridized carbons (Fsp3) is 0.333. The van der Waals surface area contributed by atoms with Crippen molar-refractivity contribution < 1.29 is 16.7 Å². The Balaban J connectivity index is 3.11. The van der Waals surface area contributed by atoms with Crippen molar-refractivity contribution in [3.63, 3.8) is 0 Å². The molecular weight excluding hydrogens is 315 g/mol. The van der Waals surface area contributed by atoms with Crippen molar-refractivity contribution in [2.75, 3.05) is 0 Å². The van der Waals surface area contributed by atoms with Gasteiger partial charge in [0.1, 0.15) is 5.75 Å². The van der Waals surface area contributed by atoms with Crippen LogP contribution >= 0.6 is 15.9 Å². The van der Waals surface area contributed by atoms with Gasteiger partial charge >= 0.3 is 10.2 Å². The van der Waals surface area contributed by atoms with Gasteiger partial charge in [-0.1, -0.05) is 0 Å². The number of hydrogen-bond donors (Lipinski definition) is 0. The molecule has 0 unspecified atom stereocenters. The third-order valence-corrected chi connectivity index (χ3v) is 3.87. The summed E-state index contributed by atoms with van der Waals surface area (Å²) in [6.07, 6.45) is 0. The first-order valence-corrected chi connectivity index (χ1v) is 10.1. The summed E-state index contributed by atoms with van der Waals surface area (Å²) in [5.41, 5.74) is 0. The summed E-state index contributed by atoms with van der Waals surface area (Å²) < 4.78 is 40.1. The van der Waals surface area contributed by atoms with E-state index in [1.807, 2.05) is 19.6 Å². The highest BCUT2D eigenvalue weighted by Crippen LogP contribution is 2.30. The van der Waals surface area contributed by atoms with Crippen LogP contribution in [0.5, 0.6) is 5.75 Å². The molecule has 0 bridgehead atoms. The average Bonchev–Trinajstić information content (AvgIpc) is 2.04. The van der Waals surface area contributed by atoms with Crippen LogP contribution in [0.2, 0.25) is 19.6 Å². The highest BCUT2D eigenvalue weighted by atomic mass is 79.9. The molecule has 0 atom stereocenters. The first-order chi connectivity index (χ1) is 7.09. The molecule has 16 heavy (non-hydrogen) atoms. The van der Waals surface area contributed by atoms with Crippen molar-refractivity contribution in [3.8, 4) is 5.75 Å². The van der Waals surface area contributed by atoms with Crippen LogP contribution in [-0.4, -0.2) is 16.7 Å². The Labute approximate surface area is 104 Å². The Kier molecular flexibility index (Phi) is 3.81. The Morgan fingerprint density at radius 2 is 1.88 bits per heavy atom. The molecule has 0 saturated heterocycles. The molecule has 0 saturated carbocycles. The van der Waals surface area contributed by atoms with Gasteiger partial charge in [0.2, 0.25) is 8.32 Å². The highest BCUT2D eigenvalue weighted by Gasteiger charge is 2.19. The minimum absolute atomic E-state index is 0.373. The van der Waals surface area contributed by atoms with Crippen LogP contribution in [0.15, 0.2) is 27.6 Å². The van der Waals surface area contributed by atoms with Crippen molar-refractivity contribution in [1.82, 2.24) is 0 Å². The van der Waals surface area contributed by atoms with Crippen LogP contribution in [0.3, 0.4) is 0 Å². The van der Waals surface area contributed by atoms with Gasteiger partial charge in [0.05, 0.1) is 9.37 Å².